The molecule has 0 aromatic carbocycles. The Bertz CT molecular complexity index is 755. The lowest BCUT2D eigenvalue weighted by atomic mass is 10.3. The van der Waals surface area contributed by atoms with Gasteiger partial charge in [-0.3, -0.25) is 4.68 Å². The molecule has 0 unspecified atom stereocenters. The van der Waals surface area contributed by atoms with Gasteiger partial charge in [-0.25, -0.2) is 4.98 Å². The van der Waals surface area contributed by atoms with E-state index in [2.05, 4.69) is 44.8 Å². The molecule has 1 N–H and O–H groups in total. The molecular formula is C15H17N5. The molecule has 0 radical (unpaired) electrons. The number of fused-ring (bicyclic) bond motifs is 2. The van der Waals surface area contributed by atoms with E-state index in [-0.39, 0.29) is 0 Å². The third-order valence-corrected chi connectivity index (χ3v) is 3.85. The first-order valence-corrected chi connectivity index (χ1v) is 7.02. The summed E-state index contributed by atoms with van der Waals surface area (Å²) in [7, 11) is 0. The predicted octanol–water partition coefficient (Wildman–Crippen LogP) is 2.48. The average Bonchev–Trinajstić information content (AvgIpc) is 2.99. The lowest BCUT2D eigenvalue weighted by molar-refractivity contribution is 0.587. The van der Waals surface area contributed by atoms with Crippen LogP contribution in [0.4, 0.5) is 5.82 Å². The highest BCUT2D eigenvalue weighted by Gasteiger charge is 2.17. The van der Waals surface area contributed by atoms with Gasteiger partial charge >= 0.3 is 0 Å². The van der Waals surface area contributed by atoms with Crippen molar-refractivity contribution >= 4 is 16.9 Å². The van der Waals surface area contributed by atoms with Crippen LogP contribution in [0.2, 0.25) is 0 Å². The van der Waals surface area contributed by atoms with Crippen molar-refractivity contribution in [3.8, 4) is 0 Å². The van der Waals surface area contributed by atoms with Crippen molar-refractivity contribution in [2.75, 3.05) is 11.4 Å². The van der Waals surface area contributed by atoms with Crippen LogP contribution in [0, 0.1) is 6.92 Å². The fourth-order valence-electron chi connectivity index (χ4n) is 2.90. The maximum Gasteiger partial charge on any atom is 0.139 e. The molecule has 20 heavy (non-hydrogen) atoms. The molecule has 1 aliphatic rings. The Hall–Kier alpha value is -2.30. The molecule has 1 aliphatic heterocycles. The molecule has 4 heterocycles. The molecule has 3 aromatic rings. The van der Waals surface area contributed by atoms with Gasteiger partial charge in [-0.1, -0.05) is 0 Å². The van der Waals surface area contributed by atoms with E-state index in [9.17, 15) is 0 Å². The van der Waals surface area contributed by atoms with Crippen LogP contribution in [0.25, 0.3) is 11.0 Å². The number of nitrogens with zero attached hydrogens (tertiary/aromatic N) is 4. The molecule has 0 bridgehead atoms. The van der Waals surface area contributed by atoms with E-state index in [1.807, 2.05) is 12.3 Å². The highest BCUT2D eigenvalue weighted by molar-refractivity contribution is 5.77. The molecule has 0 spiro atoms. The lowest BCUT2D eigenvalue weighted by Gasteiger charge is -2.20. The number of rotatable bonds is 1. The zero-order valence-electron chi connectivity index (χ0n) is 11.5. The minimum absolute atomic E-state index is 0.875. The maximum absolute atomic E-state index is 4.72. The fraction of sp³-hybridized carbons (Fsp3) is 0.333. The van der Waals surface area contributed by atoms with Gasteiger partial charge in [-0.2, -0.15) is 5.10 Å². The zero-order valence-corrected chi connectivity index (χ0v) is 11.5. The summed E-state index contributed by atoms with van der Waals surface area (Å²) in [6, 6.07) is 8.45. The van der Waals surface area contributed by atoms with E-state index in [0.717, 1.165) is 48.6 Å². The minimum Gasteiger partial charge on any atom is -0.351 e. The SMILES string of the molecule is Cc1cc2n(n1)CCCN(c1ccc3cc[nH]c3n1)C2. The number of nitrogens with one attached hydrogen (secondary N) is 1. The minimum atomic E-state index is 0.875. The van der Waals surface area contributed by atoms with Crippen LogP contribution in [0.1, 0.15) is 17.8 Å². The Morgan fingerprint density at radius 1 is 1.20 bits per heavy atom. The van der Waals surface area contributed by atoms with E-state index in [1.165, 1.54) is 5.69 Å². The standard InChI is InChI=1S/C15H17N5/c1-11-9-13-10-19(7-2-8-20(13)18-11)14-4-3-12-5-6-16-15(12)17-14/h3-6,9H,2,7-8,10H2,1H3,(H,16,17). The smallest absolute Gasteiger partial charge is 0.139 e. The van der Waals surface area contributed by atoms with Crippen LogP contribution in [0.15, 0.2) is 30.5 Å². The Labute approximate surface area is 117 Å². The van der Waals surface area contributed by atoms with Gasteiger partial charge in [0, 0.05) is 24.7 Å². The van der Waals surface area contributed by atoms with E-state index in [4.69, 9.17) is 4.98 Å². The normalized spacial score (nSPS) is 15.3. The monoisotopic (exact) mass is 267 g/mol. The van der Waals surface area contributed by atoms with E-state index < -0.39 is 0 Å². The first-order valence-electron chi connectivity index (χ1n) is 7.02. The van der Waals surface area contributed by atoms with Crippen molar-refractivity contribution < 1.29 is 0 Å². The first kappa shape index (κ1) is 11.5. The number of hydrogen-bond donors (Lipinski definition) is 1. The van der Waals surface area contributed by atoms with Crippen LogP contribution in [-0.2, 0) is 13.1 Å². The van der Waals surface area contributed by atoms with Gasteiger partial charge in [-0.15, -0.1) is 0 Å². The third-order valence-electron chi connectivity index (χ3n) is 3.85. The van der Waals surface area contributed by atoms with Crippen molar-refractivity contribution in [2.45, 2.75) is 26.4 Å². The van der Waals surface area contributed by atoms with Gasteiger partial charge in [0.25, 0.3) is 0 Å². The Balaban J connectivity index is 1.70. The molecule has 5 nitrogen and oxygen atoms in total. The summed E-state index contributed by atoms with van der Waals surface area (Å²) in [5.41, 5.74) is 3.32. The van der Waals surface area contributed by atoms with Crippen LogP contribution >= 0.6 is 0 Å². The third kappa shape index (κ3) is 1.86. The van der Waals surface area contributed by atoms with Gasteiger partial charge in [0.2, 0.25) is 0 Å². The number of aromatic nitrogens is 4. The van der Waals surface area contributed by atoms with Gasteiger partial charge in [0.05, 0.1) is 17.9 Å². The number of H-pyrrole nitrogens is 1. The summed E-state index contributed by atoms with van der Waals surface area (Å²) in [5.74, 6) is 1.03. The summed E-state index contributed by atoms with van der Waals surface area (Å²) >= 11 is 0. The predicted molar refractivity (Wildman–Crippen MR) is 78.7 cm³/mol. The molecule has 102 valence electrons. The number of pyridine rings is 1. The second-order valence-corrected chi connectivity index (χ2v) is 5.36. The Morgan fingerprint density at radius 3 is 3.10 bits per heavy atom. The summed E-state index contributed by atoms with van der Waals surface area (Å²) in [4.78, 5) is 10.2. The lowest BCUT2D eigenvalue weighted by Crippen LogP contribution is -2.23. The van der Waals surface area contributed by atoms with Gasteiger partial charge in [0.1, 0.15) is 11.5 Å². The number of aromatic amines is 1. The molecule has 4 rings (SSSR count). The van der Waals surface area contributed by atoms with Gasteiger partial charge in [-0.05, 0) is 37.6 Å². The van der Waals surface area contributed by atoms with Crippen LogP contribution in [0.3, 0.4) is 0 Å². The summed E-state index contributed by atoms with van der Waals surface area (Å²) in [5, 5.41) is 5.70. The van der Waals surface area contributed by atoms with Crippen molar-refractivity contribution in [3.63, 3.8) is 0 Å². The molecule has 0 amide bonds. The molecule has 0 aliphatic carbocycles. The topological polar surface area (TPSA) is 49.7 Å². The second kappa shape index (κ2) is 4.37. The fourth-order valence-corrected chi connectivity index (χ4v) is 2.90. The van der Waals surface area contributed by atoms with Crippen LogP contribution in [-0.4, -0.2) is 26.3 Å². The molecule has 0 saturated carbocycles. The Kier molecular flexibility index (Phi) is 2.52. The van der Waals surface area contributed by atoms with E-state index in [1.54, 1.807) is 0 Å². The highest BCUT2D eigenvalue weighted by atomic mass is 15.3. The summed E-state index contributed by atoms with van der Waals surface area (Å²) < 4.78 is 2.13. The number of anilines is 1. The number of aryl methyl sites for hydroxylation is 2. The van der Waals surface area contributed by atoms with Crippen molar-refractivity contribution in [1.82, 2.24) is 19.7 Å². The van der Waals surface area contributed by atoms with Crippen LogP contribution < -0.4 is 4.90 Å². The summed E-state index contributed by atoms with van der Waals surface area (Å²) in [6.45, 7) is 4.93. The molecule has 5 heteroatoms. The molecular weight excluding hydrogens is 250 g/mol. The zero-order chi connectivity index (χ0) is 13.5. The second-order valence-electron chi connectivity index (χ2n) is 5.36. The number of hydrogen-bond acceptors (Lipinski definition) is 3. The van der Waals surface area contributed by atoms with Crippen molar-refractivity contribution in [3.05, 3.63) is 41.9 Å². The highest BCUT2D eigenvalue weighted by Crippen LogP contribution is 2.21. The molecule has 0 fully saturated rings. The van der Waals surface area contributed by atoms with Crippen molar-refractivity contribution in [2.24, 2.45) is 0 Å². The maximum atomic E-state index is 4.72. The van der Waals surface area contributed by atoms with E-state index in [0.29, 0.717) is 0 Å². The van der Waals surface area contributed by atoms with E-state index >= 15 is 0 Å². The van der Waals surface area contributed by atoms with Crippen molar-refractivity contribution in [1.29, 1.82) is 0 Å². The largest absolute Gasteiger partial charge is 0.351 e. The quantitative estimate of drug-likeness (QED) is 0.737. The van der Waals surface area contributed by atoms with Gasteiger partial charge < -0.3 is 9.88 Å². The molecule has 0 atom stereocenters. The molecule has 0 saturated heterocycles. The van der Waals surface area contributed by atoms with Crippen LogP contribution in [0.5, 0.6) is 0 Å². The molecule has 3 aromatic heterocycles. The van der Waals surface area contributed by atoms with Gasteiger partial charge in [0.15, 0.2) is 0 Å². The average molecular weight is 267 g/mol. The Morgan fingerprint density at radius 2 is 2.15 bits per heavy atom. The first-order chi connectivity index (χ1) is 9.79. The summed E-state index contributed by atoms with van der Waals surface area (Å²) in [6.07, 6.45) is 3.03.